The van der Waals surface area contributed by atoms with Crippen molar-refractivity contribution in [1.82, 2.24) is 15.4 Å². The molecule has 3 rings (SSSR count). The normalized spacial score (nSPS) is 10.9. The minimum absolute atomic E-state index is 0.116. The molecule has 2 aromatic carbocycles. The second kappa shape index (κ2) is 9.80. The van der Waals surface area contributed by atoms with E-state index < -0.39 is 5.97 Å². The third kappa shape index (κ3) is 5.74. The van der Waals surface area contributed by atoms with Crippen LogP contribution >= 0.6 is 11.8 Å². The summed E-state index contributed by atoms with van der Waals surface area (Å²) < 4.78 is 0. The molecule has 152 valence electrons. The van der Waals surface area contributed by atoms with Gasteiger partial charge in [0.1, 0.15) is 0 Å². The summed E-state index contributed by atoms with van der Waals surface area (Å²) in [5, 5.41) is 13.8. The highest BCUT2D eigenvalue weighted by atomic mass is 32.2. The first kappa shape index (κ1) is 21.2. The van der Waals surface area contributed by atoms with Crippen LogP contribution in [0.4, 0.5) is 0 Å². The molecule has 0 atom stereocenters. The molecule has 0 aliphatic carbocycles. The third-order valence-corrected chi connectivity index (χ3v) is 5.03. The summed E-state index contributed by atoms with van der Waals surface area (Å²) in [6.45, 7) is 3.88. The van der Waals surface area contributed by atoms with Gasteiger partial charge >= 0.3 is 5.97 Å². The lowest BCUT2D eigenvalue weighted by atomic mass is 10.1. The molecule has 0 fully saturated rings. The third-order valence-electron chi connectivity index (χ3n) is 4.11. The molecule has 1 amide bonds. The topological polar surface area (TPSA) is 105 Å². The number of hydrazone groups is 1. The molecule has 0 radical (unpaired) electrons. The average molecular weight is 420 g/mol. The van der Waals surface area contributed by atoms with Crippen molar-refractivity contribution in [3.8, 4) is 0 Å². The quantitative estimate of drug-likeness (QED) is 0.260. The van der Waals surface area contributed by atoms with Crippen molar-refractivity contribution in [2.75, 3.05) is 0 Å². The Morgan fingerprint density at radius 1 is 1.07 bits per heavy atom. The molecule has 0 bridgehead atoms. The fourth-order valence-corrected chi connectivity index (χ4v) is 3.59. The number of aromatic nitrogens is 2. The Labute approximate surface area is 178 Å². The van der Waals surface area contributed by atoms with Gasteiger partial charge < -0.3 is 5.11 Å². The van der Waals surface area contributed by atoms with Gasteiger partial charge in [0.25, 0.3) is 5.91 Å². The summed E-state index contributed by atoms with van der Waals surface area (Å²) in [5.74, 6) is -0.742. The summed E-state index contributed by atoms with van der Waals surface area (Å²) in [6, 6.07) is 15.5. The summed E-state index contributed by atoms with van der Waals surface area (Å²) >= 11 is 1.54. The molecule has 0 unspecified atom stereocenters. The first-order valence-electron chi connectivity index (χ1n) is 9.12. The highest BCUT2D eigenvalue weighted by Crippen LogP contribution is 2.20. The van der Waals surface area contributed by atoms with Crippen LogP contribution in [-0.2, 0) is 5.75 Å². The predicted molar refractivity (Wildman–Crippen MR) is 116 cm³/mol. The van der Waals surface area contributed by atoms with E-state index in [1.54, 1.807) is 30.3 Å². The first-order valence-corrected chi connectivity index (χ1v) is 10.1. The van der Waals surface area contributed by atoms with Gasteiger partial charge in [0.05, 0.1) is 11.8 Å². The first-order chi connectivity index (χ1) is 14.4. The molecule has 2 N–H and O–H groups in total. The van der Waals surface area contributed by atoms with Crippen LogP contribution in [0.15, 0.2) is 64.9 Å². The Bertz CT molecular complexity index is 1080. The summed E-state index contributed by atoms with van der Waals surface area (Å²) in [6.07, 6.45) is 1.32. The molecule has 0 aliphatic heterocycles. The van der Waals surface area contributed by atoms with Crippen LogP contribution in [0.25, 0.3) is 0 Å². The van der Waals surface area contributed by atoms with Crippen LogP contribution < -0.4 is 5.43 Å². The van der Waals surface area contributed by atoms with Crippen LogP contribution in [-0.4, -0.2) is 33.2 Å². The number of hydrogen-bond acceptors (Lipinski definition) is 6. The number of nitrogens with zero attached hydrogens (tertiary/aromatic N) is 3. The van der Waals surface area contributed by atoms with Gasteiger partial charge in [0.2, 0.25) is 0 Å². The lowest BCUT2D eigenvalue weighted by Crippen LogP contribution is -2.17. The molecule has 7 nitrogen and oxygen atoms in total. The number of carbonyl (C=O) groups is 2. The number of nitrogens with one attached hydrogen (secondary N) is 1. The molecule has 0 aliphatic rings. The highest BCUT2D eigenvalue weighted by molar-refractivity contribution is 7.98. The summed E-state index contributed by atoms with van der Waals surface area (Å²) in [4.78, 5) is 32.3. The fraction of sp³-hybridized carbons (Fsp3) is 0.136. The van der Waals surface area contributed by atoms with Gasteiger partial charge in [-0.15, -0.1) is 0 Å². The van der Waals surface area contributed by atoms with E-state index in [0.29, 0.717) is 16.9 Å². The lowest BCUT2D eigenvalue weighted by molar-refractivity contribution is 0.0696. The molecular weight excluding hydrogens is 400 g/mol. The zero-order chi connectivity index (χ0) is 21.5. The smallest absolute Gasteiger partial charge is 0.336 e. The lowest BCUT2D eigenvalue weighted by Gasteiger charge is -2.05. The van der Waals surface area contributed by atoms with E-state index in [0.717, 1.165) is 22.1 Å². The van der Waals surface area contributed by atoms with E-state index in [1.807, 2.05) is 32.0 Å². The van der Waals surface area contributed by atoms with E-state index in [1.165, 1.54) is 24.0 Å². The van der Waals surface area contributed by atoms with Crippen LogP contribution in [0.5, 0.6) is 0 Å². The molecule has 8 heteroatoms. The largest absolute Gasteiger partial charge is 0.478 e. The Morgan fingerprint density at radius 3 is 2.40 bits per heavy atom. The van der Waals surface area contributed by atoms with Gasteiger partial charge in [0, 0.05) is 28.3 Å². The van der Waals surface area contributed by atoms with Gasteiger partial charge in [-0.05, 0) is 43.7 Å². The van der Waals surface area contributed by atoms with Crippen molar-refractivity contribution in [3.63, 3.8) is 0 Å². The number of hydrogen-bond donors (Lipinski definition) is 2. The van der Waals surface area contributed by atoms with E-state index in [4.69, 9.17) is 5.11 Å². The summed E-state index contributed by atoms with van der Waals surface area (Å²) in [5.41, 5.74) is 6.30. The minimum Gasteiger partial charge on any atom is -0.478 e. The Kier molecular flexibility index (Phi) is 6.92. The van der Waals surface area contributed by atoms with E-state index in [2.05, 4.69) is 20.5 Å². The molecule has 0 spiro atoms. The fourth-order valence-electron chi connectivity index (χ4n) is 2.69. The van der Waals surface area contributed by atoms with Crippen molar-refractivity contribution in [3.05, 3.63) is 88.2 Å². The highest BCUT2D eigenvalue weighted by Gasteiger charge is 2.08. The van der Waals surface area contributed by atoms with Crippen molar-refractivity contribution in [1.29, 1.82) is 0 Å². The van der Waals surface area contributed by atoms with E-state index in [-0.39, 0.29) is 11.5 Å². The SMILES string of the molecule is Cc1cc(C)nc(SCc2ccc(C(=O)NN=Cc3ccccc3C(=O)O)cc2)n1. The second-order valence-electron chi connectivity index (χ2n) is 6.51. The monoisotopic (exact) mass is 420 g/mol. The van der Waals surface area contributed by atoms with Crippen LogP contribution in [0, 0.1) is 13.8 Å². The average Bonchev–Trinajstić information content (AvgIpc) is 2.72. The van der Waals surface area contributed by atoms with Crippen LogP contribution in [0.2, 0.25) is 0 Å². The second-order valence-corrected chi connectivity index (χ2v) is 7.45. The molecule has 1 aromatic heterocycles. The maximum atomic E-state index is 12.3. The maximum Gasteiger partial charge on any atom is 0.336 e. The zero-order valence-electron chi connectivity index (χ0n) is 16.5. The zero-order valence-corrected chi connectivity index (χ0v) is 17.3. The van der Waals surface area contributed by atoms with Gasteiger partial charge in [0.15, 0.2) is 5.16 Å². The van der Waals surface area contributed by atoms with Crippen molar-refractivity contribution in [2.45, 2.75) is 24.8 Å². The van der Waals surface area contributed by atoms with Crippen LogP contribution in [0.1, 0.15) is 43.2 Å². The van der Waals surface area contributed by atoms with Gasteiger partial charge in [-0.1, -0.05) is 42.1 Å². The van der Waals surface area contributed by atoms with Gasteiger partial charge in [-0.3, -0.25) is 4.79 Å². The number of carbonyl (C=O) groups excluding carboxylic acids is 1. The van der Waals surface area contributed by atoms with Crippen molar-refractivity contribution < 1.29 is 14.7 Å². The number of rotatable bonds is 7. The van der Waals surface area contributed by atoms with Crippen LogP contribution in [0.3, 0.4) is 0 Å². The number of benzene rings is 2. The molecule has 30 heavy (non-hydrogen) atoms. The summed E-state index contributed by atoms with van der Waals surface area (Å²) in [7, 11) is 0. The molecule has 1 heterocycles. The number of carboxylic acids is 1. The standard InChI is InChI=1S/C22H20N4O3S/c1-14-11-15(2)25-22(24-14)30-13-16-7-9-17(10-8-16)20(27)26-23-12-18-5-3-4-6-19(18)21(28)29/h3-12H,13H2,1-2H3,(H,26,27)(H,28,29). The number of amides is 1. The number of aryl methyl sites for hydroxylation is 2. The minimum atomic E-state index is -1.05. The van der Waals surface area contributed by atoms with Gasteiger partial charge in [-0.25, -0.2) is 20.2 Å². The number of aromatic carboxylic acids is 1. The van der Waals surface area contributed by atoms with Crippen molar-refractivity contribution >= 4 is 29.9 Å². The van der Waals surface area contributed by atoms with E-state index in [9.17, 15) is 9.59 Å². The van der Waals surface area contributed by atoms with Crippen molar-refractivity contribution in [2.24, 2.45) is 5.10 Å². The Balaban J connectivity index is 1.58. The molecule has 3 aromatic rings. The number of thioether (sulfide) groups is 1. The molecule has 0 saturated carbocycles. The molecule has 0 saturated heterocycles. The van der Waals surface area contributed by atoms with Gasteiger partial charge in [-0.2, -0.15) is 5.10 Å². The number of carboxylic acid groups (broad SMARTS) is 1. The molecular formula is C22H20N4O3S. The van der Waals surface area contributed by atoms with E-state index >= 15 is 0 Å². The Hall–Kier alpha value is -3.52. The maximum absolute atomic E-state index is 12.3. The predicted octanol–water partition coefficient (Wildman–Crippen LogP) is 3.85. The Morgan fingerprint density at radius 2 is 1.73 bits per heavy atom.